The number of nitrogens with zero attached hydrogens (tertiary/aromatic N) is 6. The van der Waals surface area contributed by atoms with E-state index in [1.165, 1.54) is 0 Å². The van der Waals surface area contributed by atoms with Crippen LogP contribution in [0.4, 0.5) is 11.8 Å². The van der Waals surface area contributed by atoms with E-state index in [-0.39, 0.29) is 23.2 Å². The van der Waals surface area contributed by atoms with Gasteiger partial charge in [-0.3, -0.25) is 4.79 Å². The summed E-state index contributed by atoms with van der Waals surface area (Å²) >= 11 is 0. The van der Waals surface area contributed by atoms with Crippen LogP contribution in [0.25, 0.3) is 11.0 Å². The molecule has 10 heteroatoms. The van der Waals surface area contributed by atoms with Gasteiger partial charge in [0.05, 0.1) is 5.56 Å². The molecule has 6 rings (SSSR count). The van der Waals surface area contributed by atoms with Gasteiger partial charge in [-0.1, -0.05) is 12.8 Å². The Morgan fingerprint density at radius 1 is 1.17 bits per heavy atom. The van der Waals surface area contributed by atoms with Crippen LogP contribution in [0, 0.1) is 5.92 Å². The Hall–Kier alpha value is -3.53. The number of carboxylic acid groups (broad SMARTS) is 1. The van der Waals surface area contributed by atoms with Gasteiger partial charge in [-0.2, -0.15) is 4.98 Å². The van der Waals surface area contributed by atoms with Gasteiger partial charge in [0.25, 0.3) is 5.91 Å². The molecule has 3 aromatic rings. The lowest BCUT2D eigenvalue weighted by Gasteiger charge is -2.25. The number of fused-ring (bicyclic) bond motifs is 2. The molecule has 182 valence electrons. The summed E-state index contributed by atoms with van der Waals surface area (Å²) in [6.45, 7) is 1.56. The van der Waals surface area contributed by atoms with Gasteiger partial charge in [-0.25, -0.2) is 14.8 Å². The second-order valence-corrected chi connectivity index (χ2v) is 10.3. The van der Waals surface area contributed by atoms with Crippen molar-refractivity contribution in [2.24, 2.45) is 5.92 Å². The average molecular weight is 476 g/mol. The first-order chi connectivity index (χ1) is 16.9. The van der Waals surface area contributed by atoms with Crippen LogP contribution in [0.1, 0.15) is 59.0 Å². The van der Waals surface area contributed by atoms with Crippen LogP contribution in [-0.2, 0) is 0 Å². The summed E-state index contributed by atoms with van der Waals surface area (Å²) < 4.78 is 1.84. The van der Waals surface area contributed by atoms with Crippen molar-refractivity contribution >= 4 is 34.7 Å². The second-order valence-electron chi connectivity index (χ2n) is 10.3. The van der Waals surface area contributed by atoms with E-state index in [1.807, 2.05) is 9.47 Å². The number of piperidine rings is 1. The van der Waals surface area contributed by atoms with E-state index in [2.05, 4.69) is 39.3 Å². The lowest BCUT2D eigenvalue weighted by Crippen LogP contribution is -2.39. The highest BCUT2D eigenvalue weighted by Gasteiger charge is 2.62. The van der Waals surface area contributed by atoms with E-state index in [0.29, 0.717) is 34.3 Å². The van der Waals surface area contributed by atoms with Crippen LogP contribution < -0.4 is 5.32 Å². The Kier molecular flexibility index (Phi) is 5.03. The van der Waals surface area contributed by atoms with Gasteiger partial charge in [0.2, 0.25) is 5.95 Å². The number of pyridine rings is 1. The topological polar surface area (TPSA) is 116 Å². The molecule has 4 heterocycles. The van der Waals surface area contributed by atoms with Crippen LogP contribution in [0.15, 0.2) is 30.6 Å². The fourth-order valence-corrected chi connectivity index (χ4v) is 5.96. The molecule has 3 aromatic heterocycles. The van der Waals surface area contributed by atoms with Crippen molar-refractivity contribution < 1.29 is 14.7 Å². The van der Waals surface area contributed by atoms with Crippen molar-refractivity contribution in [3.63, 3.8) is 0 Å². The number of anilines is 2. The summed E-state index contributed by atoms with van der Waals surface area (Å²) in [5, 5.41) is 13.5. The minimum absolute atomic E-state index is 0.00531. The highest BCUT2D eigenvalue weighted by Crippen LogP contribution is 2.53. The van der Waals surface area contributed by atoms with Crippen molar-refractivity contribution in [2.45, 2.75) is 43.7 Å². The number of rotatable bonds is 6. The van der Waals surface area contributed by atoms with Gasteiger partial charge < -0.3 is 24.8 Å². The average Bonchev–Trinajstić information content (AvgIpc) is 3.25. The van der Waals surface area contributed by atoms with Crippen molar-refractivity contribution in [1.29, 1.82) is 0 Å². The number of nitrogens with one attached hydrogen (secondary N) is 1. The van der Waals surface area contributed by atoms with E-state index in [0.717, 1.165) is 45.2 Å². The number of likely N-dealkylation sites (tertiary alicyclic amines) is 1. The molecular formula is C25H29N7O3. The summed E-state index contributed by atoms with van der Waals surface area (Å²) in [5.74, 6) is 0.467. The molecule has 2 saturated carbocycles. The molecule has 10 nitrogen and oxygen atoms in total. The molecule has 1 amide bonds. The molecule has 0 spiro atoms. The molecule has 1 aliphatic heterocycles. The van der Waals surface area contributed by atoms with Crippen LogP contribution in [0.2, 0.25) is 0 Å². The van der Waals surface area contributed by atoms with Crippen molar-refractivity contribution in [3.8, 4) is 0 Å². The summed E-state index contributed by atoms with van der Waals surface area (Å²) in [6.07, 6.45) is 8.44. The first-order valence-electron chi connectivity index (χ1n) is 12.2. The van der Waals surface area contributed by atoms with Gasteiger partial charge in [0, 0.05) is 42.5 Å². The first-order valence-corrected chi connectivity index (χ1v) is 12.2. The molecule has 35 heavy (non-hydrogen) atoms. The third kappa shape index (κ3) is 3.63. The molecular weight excluding hydrogens is 446 g/mol. The van der Waals surface area contributed by atoms with Gasteiger partial charge in [-0.15, -0.1) is 0 Å². The zero-order chi connectivity index (χ0) is 24.3. The summed E-state index contributed by atoms with van der Waals surface area (Å²) in [7, 11) is 4.17. The summed E-state index contributed by atoms with van der Waals surface area (Å²) in [4.78, 5) is 42.4. The quantitative estimate of drug-likeness (QED) is 0.559. The normalized spacial score (nSPS) is 23.7. The molecule has 0 aromatic carbocycles. The van der Waals surface area contributed by atoms with Crippen molar-refractivity contribution in [1.82, 2.24) is 29.3 Å². The van der Waals surface area contributed by atoms with Crippen molar-refractivity contribution in [2.75, 3.05) is 32.5 Å². The molecule has 2 N–H and O–H groups in total. The zero-order valence-corrected chi connectivity index (χ0v) is 19.9. The molecule has 0 bridgehead atoms. The highest BCUT2D eigenvalue weighted by molar-refractivity contribution is 5.95. The first kappa shape index (κ1) is 22.0. The monoisotopic (exact) mass is 475 g/mol. The van der Waals surface area contributed by atoms with E-state index in [4.69, 9.17) is 0 Å². The van der Waals surface area contributed by atoms with Crippen LogP contribution >= 0.6 is 0 Å². The third-order valence-corrected chi connectivity index (χ3v) is 8.02. The van der Waals surface area contributed by atoms with E-state index in [9.17, 15) is 14.7 Å². The Morgan fingerprint density at radius 3 is 2.63 bits per heavy atom. The molecule has 2 atom stereocenters. The van der Waals surface area contributed by atoms with Crippen molar-refractivity contribution in [3.05, 3.63) is 41.9 Å². The fourth-order valence-electron chi connectivity index (χ4n) is 5.96. The minimum atomic E-state index is -0.960. The van der Waals surface area contributed by atoms with Crippen LogP contribution in [-0.4, -0.2) is 79.0 Å². The summed E-state index contributed by atoms with van der Waals surface area (Å²) in [6, 6.07) is 5.29. The number of hydrogen-bond acceptors (Lipinski definition) is 7. The number of aromatic nitrogens is 4. The fraction of sp³-hybridized carbons (Fsp3) is 0.480. The zero-order valence-electron chi connectivity index (χ0n) is 19.9. The third-order valence-electron chi connectivity index (χ3n) is 8.02. The molecule has 3 fully saturated rings. The molecule has 3 aliphatic rings. The number of likely N-dealkylation sites (N-methyl/N-ethyl adjacent to an activating group) is 1. The second kappa shape index (κ2) is 8.01. The predicted molar refractivity (Wildman–Crippen MR) is 130 cm³/mol. The van der Waals surface area contributed by atoms with Gasteiger partial charge in [-0.05, 0) is 57.5 Å². The molecule has 2 unspecified atom stereocenters. The maximum Gasteiger partial charge on any atom is 0.352 e. The largest absolute Gasteiger partial charge is 0.477 e. The number of aromatic carboxylic acids is 1. The number of amides is 1. The van der Waals surface area contributed by atoms with Crippen LogP contribution in [0.3, 0.4) is 0 Å². The maximum atomic E-state index is 13.0. The summed E-state index contributed by atoms with van der Waals surface area (Å²) in [5.41, 5.74) is 1.57. The maximum absolute atomic E-state index is 13.0. The number of carbonyl (C=O) groups is 2. The standard InChI is InChI=1S/C25H29N7O3/c1-30(2)25-10-17(25)13-31(14-25)22(33)15-7-8-20(26-11-15)28-24-27-12-16-9-19(23(34)35)32(21(16)29-24)18-5-3-4-6-18/h7-9,11-12,17-18H,3-6,10,13-14H2,1-2H3,(H,34,35)(H,26,27,28,29). The SMILES string of the molecule is CN(C)C12CC1CN(C(=O)c1ccc(Nc3ncc4cc(C(=O)O)n(C5CCCC5)c4n3)nc1)C2. The lowest BCUT2D eigenvalue weighted by molar-refractivity contribution is 0.0682. The number of carboxylic acids is 1. The van der Waals surface area contributed by atoms with Gasteiger partial charge >= 0.3 is 5.97 Å². The lowest BCUT2D eigenvalue weighted by atomic mass is 10.2. The Balaban J connectivity index is 1.20. The smallest absolute Gasteiger partial charge is 0.352 e. The van der Waals surface area contributed by atoms with E-state index < -0.39 is 5.97 Å². The highest BCUT2D eigenvalue weighted by atomic mass is 16.4. The van der Waals surface area contributed by atoms with Crippen LogP contribution in [0.5, 0.6) is 0 Å². The van der Waals surface area contributed by atoms with Gasteiger partial charge in [0.15, 0.2) is 0 Å². The molecule has 1 saturated heterocycles. The Morgan fingerprint density at radius 2 is 1.97 bits per heavy atom. The minimum Gasteiger partial charge on any atom is -0.477 e. The van der Waals surface area contributed by atoms with E-state index in [1.54, 1.807) is 30.6 Å². The molecule has 2 aliphatic carbocycles. The van der Waals surface area contributed by atoms with Gasteiger partial charge in [0.1, 0.15) is 17.2 Å². The number of hydrogen-bond donors (Lipinski definition) is 2. The number of carbonyl (C=O) groups excluding carboxylic acids is 1. The predicted octanol–water partition coefficient (Wildman–Crippen LogP) is 3.16. The Labute approximate surface area is 203 Å². The molecule has 0 radical (unpaired) electrons. The Bertz CT molecular complexity index is 1310. The van der Waals surface area contributed by atoms with E-state index >= 15 is 0 Å².